The highest BCUT2D eigenvalue weighted by atomic mass is 127. The van der Waals surface area contributed by atoms with Crippen LogP contribution in [0.5, 0.6) is 0 Å². The summed E-state index contributed by atoms with van der Waals surface area (Å²) in [4.78, 5) is 0. The third kappa shape index (κ3) is 13.8. The monoisotopic (exact) mass is 582 g/mol. The number of rotatable bonds is 17. The van der Waals surface area contributed by atoms with Crippen LogP contribution in [0.2, 0.25) is 0 Å². The summed E-state index contributed by atoms with van der Waals surface area (Å²) in [6.45, 7) is 2.30. The fourth-order valence-corrected chi connectivity index (χ4v) is 5.46. The number of unbranched alkanes of at least 4 members (excludes halogenated alkanes) is 15. The highest BCUT2D eigenvalue weighted by molar-refractivity contribution is 14.1. The second-order valence-corrected chi connectivity index (χ2v) is 10.2. The van der Waals surface area contributed by atoms with Gasteiger partial charge >= 0.3 is 0 Å². The Hall–Kier alpha value is 0.680. The van der Waals surface area contributed by atoms with Gasteiger partial charge in [0.1, 0.15) is 0 Å². The molecule has 0 N–H and O–H groups in total. The molecule has 0 unspecified atom stereocenters. The topological polar surface area (TPSA) is 0 Å². The van der Waals surface area contributed by atoms with Gasteiger partial charge in [-0.1, -0.05) is 109 Å². The Morgan fingerprint density at radius 3 is 1.42 bits per heavy atom. The molecule has 0 atom stereocenters. The van der Waals surface area contributed by atoms with E-state index in [9.17, 15) is 0 Å². The van der Waals surface area contributed by atoms with Gasteiger partial charge in [0.15, 0.2) is 0 Å². The van der Waals surface area contributed by atoms with E-state index in [1.54, 1.807) is 0 Å². The lowest BCUT2D eigenvalue weighted by atomic mass is 10.0. The maximum atomic E-state index is 2.48. The van der Waals surface area contributed by atoms with Gasteiger partial charge in [-0.3, -0.25) is 0 Å². The largest absolute Gasteiger partial charge is 0.0654 e. The van der Waals surface area contributed by atoms with Crippen LogP contribution in [0, 0.1) is 7.14 Å². The van der Waals surface area contributed by atoms with Crippen molar-refractivity contribution in [3.63, 3.8) is 0 Å². The lowest BCUT2D eigenvalue weighted by Gasteiger charge is -2.06. The Labute approximate surface area is 191 Å². The Bertz CT molecular complexity index is 442. The summed E-state index contributed by atoms with van der Waals surface area (Å²) in [5, 5.41) is 0. The average Bonchev–Trinajstić information content (AvgIpc) is 2.63. The zero-order valence-electron chi connectivity index (χ0n) is 17.0. The Morgan fingerprint density at radius 2 is 1.00 bits per heavy atom. The average molecular weight is 582 g/mol. The number of aryl methyl sites for hydroxylation is 1. The molecule has 0 heterocycles. The minimum atomic E-state index is 1.26. The first-order chi connectivity index (χ1) is 12.7. The van der Waals surface area contributed by atoms with E-state index in [-0.39, 0.29) is 0 Å². The molecule has 0 aliphatic rings. The van der Waals surface area contributed by atoms with Gasteiger partial charge < -0.3 is 0 Å². The normalized spacial score (nSPS) is 11.2. The molecule has 2 heteroatoms. The molecule has 150 valence electrons. The first kappa shape index (κ1) is 24.7. The van der Waals surface area contributed by atoms with Crippen molar-refractivity contribution in [2.24, 2.45) is 0 Å². The number of halogens is 2. The van der Waals surface area contributed by atoms with Crippen molar-refractivity contribution in [1.82, 2.24) is 0 Å². The molecule has 0 saturated carbocycles. The molecule has 0 saturated heterocycles. The molecule has 1 aromatic rings. The van der Waals surface area contributed by atoms with Crippen LogP contribution in [0.3, 0.4) is 0 Å². The molecular formula is C24H40I2. The molecule has 26 heavy (non-hydrogen) atoms. The molecule has 0 spiro atoms. The van der Waals surface area contributed by atoms with Crippen molar-refractivity contribution >= 4 is 45.2 Å². The summed E-state index contributed by atoms with van der Waals surface area (Å²) in [6.07, 6.45) is 24.4. The van der Waals surface area contributed by atoms with Crippen molar-refractivity contribution in [2.45, 2.75) is 116 Å². The van der Waals surface area contributed by atoms with Crippen molar-refractivity contribution < 1.29 is 0 Å². The second-order valence-electron chi connectivity index (χ2n) is 7.79. The maximum absolute atomic E-state index is 2.48. The summed E-state index contributed by atoms with van der Waals surface area (Å²) < 4.78 is 2.79. The van der Waals surface area contributed by atoms with E-state index < -0.39 is 0 Å². The predicted molar refractivity (Wildman–Crippen MR) is 135 cm³/mol. The van der Waals surface area contributed by atoms with Crippen molar-refractivity contribution in [3.8, 4) is 0 Å². The molecule has 0 fully saturated rings. The van der Waals surface area contributed by atoms with Crippen molar-refractivity contribution in [3.05, 3.63) is 30.9 Å². The van der Waals surface area contributed by atoms with Crippen LogP contribution >= 0.6 is 45.2 Å². The number of hydrogen-bond acceptors (Lipinski definition) is 0. The summed E-state index contributed by atoms with van der Waals surface area (Å²) in [5.41, 5.74) is 1.54. The van der Waals surface area contributed by atoms with Crippen LogP contribution in [0.4, 0.5) is 0 Å². The molecule has 1 aromatic carbocycles. The van der Waals surface area contributed by atoms with Crippen LogP contribution < -0.4 is 0 Å². The fraction of sp³-hybridized carbons (Fsp3) is 0.750. The van der Waals surface area contributed by atoms with Crippen molar-refractivity contribution in [1.29, 1.82) is 0 Å². The summed E-state index contributed by atoms with van der Waals surface area (Å²) in [7, 11) is 0. The maximum Gasteiger partial charge on any atom is 0.0172 e. The van der Waals surface area contributed by atoms with Gasteiger partial charge in [-0.15, -0.1) is 0 Å². The van der Waals surface area contributed by atoms with E-state index in [1.807, 2.05) is 0 Å². The summed E-state index contributed by atoms with van der Waals surface area (Å²) in [5.74, 6) is 0. The first-order valence-corrected chi connectivity index (χ1v) is 13.3. The standard InChI is InChI=1S/C24H40I2/c1-2-3-4-5-6-7-8-9-10-11-12-13-14-15-16-17-18-22-19-20-23(25)21-24(22)26/h19-21H,2-18H2,1H3. The SMILES string of the molecule is CCCCCCCCCCCCCCCCCCc1ccc(I)cc1I. The van der Waals surface area contributed by atoms with E-state index in [4.69, 9.17) is 0 Å². The van der Waals surface area contributed by atoms with Crippen LogP contribution in [0.15, 0.2) is 18.2 Å². The van der Waals surface area contributed by atoms with E-state index in [2.05, 4.69) is 70.3 Å². The number of benzene rings is 1. The van der Waals surface area contributed by atoms with E-state index >= 15 is 0 Å². The minimum Gasteiger partial charge on any atom is -0.0654 e. The highest BCUT2D eigenvalue weighted by Gasteiger charge is 2.00. The van der Waals surface area contributed by atoms with Gasteiger partial charge in [0.25, 0.3) is 0 Å². The molecular weight excluding hydrogens is 542 g/mol. The zero-order valence-corrected chi connectivity index (χ0v) is 21.3. The smallest absolute Gasteiger partial charge is 0.0172 e. The van der Waals surface area contributed by atoms with E-state index in [1.165, 1.54) is 122 Å². The summed E-state index contributed by atoms with van der Waals surface area (Å²) in [6, 6.07) is 6.85. The molecule has 0 radical (unpaired) electrons. The Balaban J connectivity index is 1.79. The fourth-order valence-electron chi connectivity index (χ4n) is 3.59. The Kier molecular flexibility index (Phi) is 16.9. The van der Waals surface area contributed by atoms with Gasteiger partial charge in [-0.2, -0.15) is 0 Å². The predicted octanol–water partition coefficient (Wildman–Crippen LogP) is 9.70. The van der Waals surface area contributed by atoms with Gasteiger partial charge in [0.05, 0.1) is 0 Å². The van der Waals surface area contributed by atoms with E-state index in [0.29, 0.717) is 0 Å². The zero-order chi connectivity index (χ0) is 18.9. The van der Waals surface area contributed by atoms with Crippen LogP contribution in [-0.2, 0) is 6.42 Å². The summed E-state index contributed by atoms with van der Waals surface area (Å²) >= 11 is 4.88. The molecule has 0 aromatic heterocycles. The van der Waals surface area contributed by atoms with Crippen LogP contribution in [0.1, 0.15) is 115 Å². The van der Waals surface area contributed by atoms with Gasteiger partial charge in [0, 0.05) is 7.14 Å². The minimum absolute atomic E-state index is 1.26. The lowest BCUT2D eigenvalue weighted by molar-refractivity contribution is 0.529. The molecule has 0 nitrogen and oxygen atoms in total. The third-order valence-corrected chi connectivity index (χ3v) is 6.99. The van der Waals surface area contributed by atoms with Crippen molar-refractivity contribution in [2.75, 3.05) is 0 Å². The molecule has 0 aliphatic carbocycles. The number of hydrogen-bond donors (Lipinski definition) is 0. The molecule has 0 bridgehead atoms. The van der Waals surface area contributed by atoms with Gasteiger partial charge in [0.2, 0.25) is 0 Å². The first-order valence-electron chi connectivity index (χ1n) is 11.2. The highest BCUT2D eigenvalue weighted by Crippen LogP contribution is 2.19. The molecule has 1 rings (SSSR count). The van der Waals surface area contributed by atoms with Crippen LogP contribution in [-0.4, -0.2) is 0 Å². The molecule has 0 amide bonds. The quantitative estimate of drug-likeness (QED) is 0.127. The van der Waals surface area contributed by atoms with Gasteiger partial charge in [-0.05, 0) is 75.7 Å². The Morgan fingerprint density at radius 1 is 0.577 bits per heavy atom. The lowest BCUT2D eigenvalue weighted by Crippen LogP contribution is -1.91. The van der Waals surface area contributed by atoms with Gasteiger partial charge in [-0.25, -0.2) is 0 Å². The van der Waals surface area contributed by atoms with E-state index in [0.717, 1.165) is 0 Å². The van der Waals surface area contributed by atoms with Crippen LogP contribution in [0.25, 0.3) is 0 Å². The third-order valence-electron chi connectivity index (χ3n) is 5.31. The molecule has 0 aliphatic heterocycles. The second kappa shape index (κ2) is 17.8.